The van der Waals surface area contributed by atoms with Crippen LogP contribution in [0.4, 0.5) is 5.69 Å². The molecule has 0 aliphatic carbocycles. The maximum absolute atomic E-state index is 12.4. The molecule has 2 heterocycles. The lowest BCUT2D eigenvalue weighted by Gasteiger charge is -2.31. The minimum absolute atomic E-state index is 0.0250. The van der Waals surface area contributed by atoms with Gasteiger partial charge in [-0.15, -0.1) is 11.3 Å². The number of carbonyl (C=O) groups is 1. The first-order chi connectivity index (χ1) is 12.7. The maximum Gasteiger partial charge on any atom is 0.238 e. The monoisotopic (exact) mass is 385 g/mol. The van der Waals surface area contributed by atoms with Crippen molar-refractivity contribution >= 4 is 44.7 Å². The van der Waals surface area contributed by atoms with Gasteiger partial charge >= 0.3 is 0 Å². The molecule has 0 spiro atoms. The summed E-state index contributed by atoms with van der Waals surface area (Å²) in [5.41, 5.74) is 1.74. The number of thiazole rings is 1. The number of nitrogens with zero attached hydrogens (tertiary/aromatic N) is 2. The van der Waals surface area contributed by atoms with Gasteiger partial charge in [-0.1, -0.05) is 35.9 Å². The van der Waals surface area contributed by atoms with Crippen LogP contribution in [0, 0.1) is 0 Å². The zero-order valence-electron chi connectivity index (χ0n) is 14.3. The van der Waals surface area contributed by atoms with Crippen molar-refractivity contribution in [1.29, 1.82) is 0 Å². The van der Waals surface area contributed by atoms with Gasteiger partial charge in [-0.2, -0.15) is 0 Å². The van der Waals surface area contributed by atoms with Gasteiger partial charge in [0.25, 0.3) is 0 Å². The number of para-hydroxylation sites is 2. The highest BCUT2D eigenvalue weighted by Crippen LogP contribution is 2.32. The minimum atomic E-state index is -0.0250. The van der Waals surface area contributed by atoms with E-state index in [9.17, 15) is 4.79 Å². The number of likely N-dealkylation sites (tertiary alicyclic amines) is 1. The van der Waals surface area contributed by atoms with Crippen LogP contribution in [0.3, 0.4) is 0 Å². The van der Waals surface area contributed by atoms with Crippen LogP contribution >= 0.6 is 22.9 Å². The Morgan fingerprint density at radius 1 is 1.23 bits per heavy atom. The average molecular weight is 386 g/mol. The van der Waals surface area contributed by atoms with Crippen LogP contribution < -0.4 is 5.32 Å². The van der Waals surface area contributed by atoms with Crippen molar-refractivity contribution in [2.24, 2.45) is 0 Å². The van der Waals surface area contributed by atoms with Crippen LogP contribution in [0.1, 0.15) is 23.8 Å². The molecule has 1 aliphatic rings. The van der Waals surface area contributed by atoms with Crippen LogP contribution in [-0.2, 0) is 4.79 Å². The highest BCUT2D eigenvalue weighted by atomic mass is 35.5. The summed E-state index contributed by atoms with van der Waals surface area (Å²) in [7, 11) is 0. The van der Waals surface area contributed by atoms with Crippen molar-refractivity contribution in [3.05, 3.63) is 58.6 Å². The molecule has 1 aromatic heterocycles. The third-order valence-corrected chi connectivity index (χ3v) is 6.21. The lowest BCUT2D eigenvalue weighted by Crippen LogP contribution is -2.39. The molecule has 1 fully saturated rings. The molecular weight excluding hydrogens is 366 g/mol. The number of rotatable bonds is 4. The fourth-order valence-corrected chi connectivity index (χ4v) is 4.70. The van der Waals surface area contributed by atoms with Crippen LogP contribution in [0.2, 0.25) is 5.02 Å². The molecule has 3 aromatic rings. The predicted octanol–water partition coefficient (Wildman–Crippen LogP) is 4.77. The number of nitrogens with one attached hydrogen (secondary N) is 1. The smallest absolute Gasteiger partial charge is 0.238 e. The molecule has 134 valence electrons. The highest BCUT2D eigenvalue weighted by molar-refractivity contribution is 7.18. The normalized spacial score (nSPS) is 18.1. The quantitative estimate of drug-likeness (QED) is 0.703. The van der Waals surface area contributed by atoms with Crippen molar-refractivity contribution in [1.82, 2.24) is 9.88 Å². The molecule has 0 unspecified atom stereocenters. The summed E-state index contributed by atoms with van der Waals surface area (Å²) < 4.78 is 1.23. The molecule has 0 saturated carbocycles. The van der Waals surface area contributed by atoms with E-state index in [1.165, 1.54) is 9.71 Å². The largest absolute Gasteiger partial charge is 0.324 e. The molecule has 1 aliphatic heterocycles. The van der Waals surface area contributed by atoms with E-state index < -0.39 is 0 Å². The topological polar surface area (TPSA) is 45.2 Å². The minimum Gasteiger partial charge on any atom is -0.324 e. The molecular formula is C20H20ClN3OS. The predicted molar refractivity (Wildman–Crippen MR) is 108 cm³/mol. The van der Waals surface area contributed by atoms with E-state index >= 15 is 0 Å². The first-order valence-electron chi connectivity index (χ1n) is 8.81. The average Bonchev–Trinajstić information content (AvgIpc) is 3.08. The number of benzene rings is 2. The Balaban J connectivity index is 1.40. The Morgan fingerprint density at radius 2 is 2.04 bits per heavy atom. The van der Waals surface area contributed by atoms with Gasteiger partial charge in [-0.25, -0.2) is 4.98 Å². The summed E-state index contributed by atoms with van der Waals surface area (Å²) in [4.78, 5) is 19.4. The van der Waals surface area contributed by atoms with Gasteiger partial charge in [0.05, 0.1) is 32.5 Å². The Kier molecular flexibility index (Phi) is 5.20. The lowest BCUT2D eigenvalue weighted by atomic mass is 9.99. The van der Waals surface area contributed by atoms with Gasteiger partial charge < -0.3 is 5.32 Å². The number of anilines is 1. The molecule has 0 bridgehead atoms. The van der Waals surface area contributed by atoms with Crippen molar-refractivity contribution in [2.75, 3.05) is 25.0 Å². The molecule has 1 amide bonds. The zero-order valence-corrected chi connectivity index (χ0v) is 15.9. The Bertz CT molecular complexity index is 893. The molecule has 26 heavy (non-hydrogen) atoms. The highest BCUT2D eigenvalue weighted by Gasteiger charge is 2.25. The summed E-state index contributed by atoms with van der Waals surface area (Å²) in [6.45, 7) is 2.19. The third-order valence-electron chi connectivity index (χ3n) is 4.68. The Morgan fingerprint density at radius 3 is 2.88 bits per heavy atom. The summed E-state index contributed by atoms with van der Waals surface area (Å²) in [5.74, 6) is 0.373. The van der Waals surface area contributed by atoms with Crippen LogP contribution in [-0.4, -0.2) is 35.4 Å². The number of amides is 1. The van der Waals surface area contributed by atoms with Gasteiger partial charge in [-0.3, -0.25) is 9.69 Å². The summed E-state index contributed by atoms with van der Waals surface area (Å²) in [6, 6.07) is 15.6. The molecule has 6 heteroatoms. The summed E-state index contributed by atoms with van der Waals surface area (Å²) in [5, 5.41) is 4.65. The van der Waals surface area contributed by atoms with Crippen molar-refractivity contribution in [3.8, 4) is 0 Å². The second-order valence-electron chi connectivity index (χ2n) is 6.62. The summed E-state index contributed by atoms with van der Waals surface area (Å²) >= 11 is 7.89. The van der Waals surface area contributed by atoms with E-state index in [1.54, 1.807) is 17.4 Å². The van der Waals surface area contributed by atoms with Gasteiger partial charge in [0.15, 0.2) is 0 Å². The number of hydrogen-bond donors (Lipinski definition) is 1. The van der Waals surface area contributed by atoms with Crippen molar-refractivity contribution in [2.45, 2.75) is 18.8 Å². The number of carbonyl (C=O) groups excluding carboxylic acids is 1. The summed E-state index contributed by atoms with van der Waals surface area (Å²) in [6.07, 6.45) is 2.21. The number of halogens is 1. The van der Waals surface area contributed by atoms with Gasteiger partial charge in [-0.05, 0) is 43.7 Å². The third kappa shape index (κ3) is 3.90. The molecule has 2 aromatic carbocycles. The van der Waals surface area contributed by atoms with Gasteiger partial charge in [0, 0.05) is 12.5 Å². The van der Waals surface area contributed by atoms with E-state index in [0.717, 1.165) is 31.4 Å². The van der Waals surface area contributed by atoms with E-state index in [0.29, 0.717) is 23.2 Å². The first kappa shape index (κ1) is 17.5. The van der Waals surface area contributed by atoms with E-state index in [4.69, 9.17) is 16.6 Å². The van der Waals surface area contributed by atoms with Gasteiger partial charge in [0.1, 0.15) is 0 Å². The van der Waals surface area contributed by atoms with Gasteiger partial charge in [0.2, 0.25) is 5.91 Å². The molecule has 0 radical (unpaired) electrons. The second kappa shape index (κ2) is 7.74. The molecule has 4 nitrogen and oxygen atoms in total. The SMILES string of the molecule is O=C(CN1CCC[C@@H](c2nc3ccccc3s2)C1)Nc1ccccc1Cl. The lowest BCUT2D eigenvalue weighted by molar-refractivity contribution is -0.117. The van der Waals surface area contributed by atoms with E-state index in [2.05, 4.69) is 28.4 Å². The Hall–Kier alpha value is -1.95. The molecule has 1 N–H and O–H groups in total. The number of fused-ring (bicyclic) bond motifs is 1. The standard InChI is InChI=1S/C20H20ClN3OS/c21-15-7-1-2-8-16(15)22-19(25)13-24-11-5-6-14(12-24)20-23-17-9-3-4-10-18(17)26-20/h1-4,7-10,14H,5-6,11-13H2,(H,22,25)/t14-/m1/s1. The molecule has 1 saturated heterocycles. The first-order valence-corrected chi connectivity index (χ1v) is 10.0. The molecule has 4 rings (SSSR count). The Labute approximate surface area is 161 Å². The van der Waals surface area contributed by atoms with Crippen LogP contribution in [0.15, 0.2) is 48.5 Å². The number of hydrogen-bond acceptors (Lipinski definition) is 4. The molecule has 1 atom stereocenters. The van der Waals surface area contributed by atoms with E-state index in [1.807, 2.05) is 24.3 Å². The van der Waals surface area contributed by atoms with Crippen molar-refractivity contribution in [3.63, 3.8) is 0 Å². The number of aromatic nitrogens is 1. The fourth-order valence-electron chi connectivity index (χ4n) is 3.42. The maximum atomic E-state index is 12.4. The fraction of sp³-hybridized carbons (Fsp3) is 0.300. The van der Waals surface area contributed by atoms with E-state index in [-0.39, 0.29) is 5.91 Å². The second-order valence-corrected chi connectivity index (χ2v) is 8.09. The van der Waals surface area contributed by atoms with Crippen LogP contribution in [0.5, 0.6) is 0 Å². The van der Waals surface area contributed by atoms with Crippen molar-refractivity contribution < 1.29 is 4.79 Å². The van der Waals surface area contributed by atoms with Crippen LogP contribution in [0.25, 0.3) is 10.2 Å². The number of piperidine rings is 1. The zero-order chi connectivity index (χ0) is 17.9.